The highest BCUT2D eigenvalue weighted by Crippen LogP contribution is 2.03. The van der Waals surface area contributed by atoms with E-state index in [1.165, 1.54) is 4.90 Å². The number of hydrogen-bond donors (Lipinski definition) is 0. The molecule has 1 aliphatic heterocycles. The number of nitriles is 2. The van der Waals surface area contributed by atoms with Gasteiger partial charge in [0.2, 0.25) is 0 Å². The van der Waals surface area contributed by atoms with Crippen LogP contribution in [0.2, 0.25) is 0 Å². The van der Waals surface area contributed by atoms with Crippen LogP contribution < -0.4 is 0 Å². The quantitative estimate of drug-likeness (QED) is 0.456. The van der Waals surface area contributed by atoms with Gasteiger partial charge in [0.15, 0.2) is 6.19 Å². The molecular formula is C7H5N3. The summed E-state index contributed by atoms with van der Waals surface area (Å²) >= 11 is 0. The fourth-order valence-electron chi connectivity index (χ4n) is 0.653. The molecular weight excluding hydrogens is 126 g/mol. The molecule has 1 rings (SSSR count). The van der Waals surface area contributed by atoms with Gasteiger partial charge in [-0.25, -0.2) is 0 Å². The Balaban J connectivity index is 2.68. The third-order valence-corrected chi connectivity index (χ3v) is 1.20. The summed E-state index contributed by atoms with van der Waals surface area (Å²) in [7, 11) is 0. The molecule has 0 N–H and O–H groups in total. The van der Waals surface area contributed by atoms with Crippen LogP contribution in [0.1, 0.15) is 0 Å². The van der Waals surface area contributed by atoms with Crippen LogP contribution in [0.4, 0.5) is 0 Å². The fraction of sp³-hybridized carbons (Fsp3) is 0.143. The number of rotatable bonds is 0. The van der Waals surface area contributed by atoms with Gasteiger partial charge in [0.1, 0.15) is 0 Å². The molecule has 10 heavy (non-hydrogen) atoms. The van der Waals surface area contributed by atoms with E-state index in [2.05, 4.69) is 0 Å². The summed E-state index contributed by atoms with van der Waals surface area (Å²) in [5.74, 6) is 0. The molecule has 1 aliphatic rings. The average Bonchev–Trinajstić information content (AvgIpc) is 2.05. The van der Waals surface area contributed by atoms with Crippen LogP contribution in [-0.4, -0.2) is 11.4 Å². The summed E-state index contributed by atoms with van der Waals surface area (Å²) in [6.07, 6.45) is 6.87. The van der Waals surface area contributed by atoms with Gasteiger partial charge in [-0.1, -0.05) is 0 Å². The maximum Gasteiger partial charge on any atom is 0.184 e. The molecule has 3 nitrogen and oxygen atoms in total. The number of nitrogens with zero attached hydrogens (tertiary/aromatic N) is 3. The monoisotopic (exact) mass is 131 g/mol. The van der Waals surface area contributed by atoms with Gasteiger partial charge in [-0.05, 0) is 12.2 Å². The lowest BCUT2D eigenvalue weighted by atomic mass is 10.2. The zero-order chi connectivity index (χ0) is 7.40. The highest BCUT2D eigenvalue weighted by Gasteiger charge is 2.00. The first-order valence-electron chi connectivity index (χ1n) is 2.81. The van der Waals surface area contributed by atoms with Crippen LogP contribution in [0.5, 0.6) is 0 Å². The molecule has 0 unspecified atom stereocenters. The third kappa shape index (κ3) is 1.15. The van der Waals surface area contributed by atoms with Crippen molar-refractivity contribution in [3.63, 3.8) is 0 Å². The van der Waals surface area contributed by atoms with E-state index in [1.54, 1.807) is 18.4 Å². The Labute approximate surface area is 59.1 Å². The summed E-state index contributed by atoms with van der Waals surface area (Å²) in [5.41, 5.74) is 0.617. The predicted molar refractivity (Wildman–Crippen MR) is 35.2 cm³/mol. The zero-order valence-electron chi connectivity index (χ0n) is 5.28. The molecule has 0 bridgehead atoms. The Kier molecular flexibility index (Phi) is 1.72. The Morgan fingerprint density at radius 3 is 2.70 bits per heavy atom. The van der Waals surface area contributed by atoms with Gasteiger partial charge < -0.3 is 0 Å². The molecule has 0 saturated heterocycles. The highest BCUT2D eigenvalue weighted by atomic mass is 15.1. The van der Waals surface area contributed by atoms with Crippen molar-refractivity contribution >= 4 is 0 Å². The van der Waals surface area contributed by atoms with Gasteiger partial charge in [0.25, 0.3) is 0 Å². The average molecular weight is 131 g/mol. The Hall–Kier alpha value is -1.74. The van der Waals surface area contributed by atoms with Crippen molar-refractivity contribution in [2.24, 2.45) is 0 Å². The van der Waals surface area contributed by atoms with Crippen LogP contribution in [-0.2, 0) is 0 Å². The molecule has 0 spiro atoms. The first-order valence-corrected chi connectivity index (χ1v) is 2.81. The lowest BCUT2D eigenvalue weighted by Gasteiger charge is -2.09. The smallest absolute Gasteiger partial charge is 0.184 e. The second-order valence-electron chi connectivity index (χ2n) is 1.84. The SMILES string of the molecule is N#CC1=CCN(C#N)C=C1. The van der Waals surface area contributed by atoms with Gasteiger partial charge >= 0.3 is 0 Å². The molecule has 0 aromatic carbocycles. The van der Waals surface area contributed by atoms with Crippen LogP contribution in [0.15, 0.2) is 23.9 Å². The van der Waals surface area contributed by atoms with Crippen molar-refractivity contribution in [2.75, 3.05) is 6.54 Å². The minimum absolute atomic E-state index is 0.510. The van der Waals surface area contributed by atoms with Crippen LogP contribution in [0, 0.1) is 22.8 Å². The van der Waals surface area contributed by atoms with Gasteiger partial charge in [0, 0.05) is 6.20 Å². The minimum atomic E-state index is 0.510. The van der Waals surface area contributed by atoms with Crippen molar-refractivity contribution < 1.29 is 0 Å². The summed E-state index contributed by atoms with van der Waals surface area (Å²) < 4.78 is 0. The molecule has 0 fully saturated rings. The Morgan fingerprint density at radius 1 is 1.50 bits per heavy atom. The highest BCUT2D eigenvalue weighted by molar-refractivity contribution is 5.35. The minimum Gasteiger partial charge on any atom is -0.283 e. The second kappa shape index (κ2) is 2.70. The second-order valence-corrected chi connectivity index (χ2v) is 1.84. The van der Waals surface area contributed by atoms with Crippen molar-refractivity contribution in [3.8, 4) is 12.3 Å². The lowest BCUT2D eigenvalue weighted by molar-refractivity contribution is 0.579. The van der Waals surface area contributed by atoms with Crippen LogP contribution in [0.3, 0.4) is 0 Å². The Bertz CT molecular complexity index is 262. The summed E-state index contributed by atoms with van der Waals surface area (Å²) in [6, 6.07) is 1.99. The molecule has 48 valence electrons. The molecule has 1 heterocycles. The van der Waals surface area contributed by atoms with E-state index in [0.717, 1.165) is 0 Å². The van der Waals surface area contributed by atoms with Gasteiger partial charge in [-0.3, -0.25) is 4.90 Å². The Morgan fingerprint density at radius 2 is 2.30 bits per heavy atom. The summed E-state index contributed by atoms with van der Waals surface area (Å²) in [4.78, 5) is 1.45. The molecule has 0 atom stereocenters. The number of allylic oxidation sites excluding steroid dienone is 2. The first kappa shape index (κ1) is 6.38. The number of hydrogen-bond acceptors (Lipinski definition) is 3. The molecule has 0 aromatic heterocycles. The van der Waals surface area contributed by atoms with E-state index in [4.69, 9.17) is 10.5 Å². The van der Waals surface area contributed by atoms with Gasteiger partial charge in [0.05, 0.1) is 18.2 Å². The summed E-state index contributed by atoms with van der Waals surface area (Å²) in [6.45, 7) is 0.510. The first-order chi connectivity index (χ1) is 4.86. The standard InChI is InChI=1S/C7H5N3/c8-5-7-1-3-10(6-9)4-2-7/h1-3H,4H2. The maximum atomic E-state index is 8.38. The van der Waals surface area contributed by atoms with E-state index < -0.39 is 0 Å². The van der Waals surface area contributed by atoms with Crippen LogP contribution >= 0.6 is 0 Å². The van der Waals surface area contributed by atoms with E-state index >= 15 is 0 Å². The maximum absolute atomic E-state index is 8.38. The zero-order valence-corrected chi connectivity index (χ0v) is 5.28. The molecule has 0 aliphatic carbocycles. The molecule has 3 heteroatoms. The van der Waals surface area contributed by atoms with E-state index in [0.29, 0.717) is 12.1 Å². The van der Waals surface area contributed by atoms with Gasteiger partial charge in [-0.2, -0.15) is 10.5 Å². The van der Waals surface area contributed by atoms with Crippen molar-refractivity contribution in [1.29, 1.82) is 10.5 Å². The van der Waals surface area contributed by atoms with Crippen molar-refractivity contribution in [1.82, 2.24) is 4.90 Å². The van der Waals surface area contributed by atoms with E-state index in [9.17, 15) is 0 Å². The topological polar surface area (TPSA) is 50.8 Å². The fourth-order valence-corrected chi connectivity index (χ4v) is 0.653. The molecule has 0 radical (unpaired) electrons. The third-order valence-electron chi connectivity index (χ3n) is 1.20. The van der Waals surface area contributed by atoms with E-state index in [-0.39, 0.29) is 0 Å². The summed E-state index contributed by atoms with van der Waals surface area (Å²) in [5, 5.41) is 16.7. The molecule has 0 amide bonds. The van der Waals surface area contributed by atoms with Gasteiger partial charge in [-0.15, -0.1) is 0 Å². The van der Waals surface area contributed by atoms with E-state index in [1.807, 2.05) is 12.3 Å². The predicted octanol–water partition coefficient (Wildman–Crippen LogP) is 0.747. The molecule has 0 aromatic rings. The van der Waals surface area contributed by atoms with Crippen molar-refractivity contribution in [3.05, 3.63) is 23.9 Å². The van der Waals surface area contributed by atoms with Crippen molar-refractivity contribution in [2.45, 2.75) is 0 Å². The molecule has 0 saturated carbocycles. The largest absolute Gasteiger partial charge is 0.283 e. The normalized spacial score (nSPS) is 15.4. The van der Waals surface area contributed by atoms with Crippen LogP contribution in [0.25, 0.3) is 0 Å². The lowest BCUT2D eigenvalue weighted by Crippen LogP contribution is -2.12.